The van der Waals surface area contributed by atoms with E-state index in [4.69, 9.17) is 0 Å². The van der Waals surface area contributed by atoms with Gasteiger partial charge in [0, 0.05) is 13.1 Å². The molecule has 2 unspecified atom stereocenters. The first-order chi connectivity index (χ1) is 8.32. The molecule has 0 amide bonds. The highest BCUT2D eigenvalue weighted by atomic mass is 15.1. The van der Waals surface area contributed by atoms with Crippen LogP contribution in [0.3, 0.4) is 0 Å². The van der Waals surface area contributed by atoms with Crippen LogP contribution in [0, 0.1) is 17.3 Å². The fourth-order valence-electron chi connectivity index (χ4n) is 4.19. The molecule has 3 aliphatic rings. The van der Waals surface area contributed by atoms with Crippen LogP contribution >= 0.6 is 0 Å². The SMILES string of the molecule is CCC1CCCN(CC2CC23CCNCC3)C1. The van der Waals surface area contributed by atoms with E-state index in [0.717, 1.165) is 17.3 Å². The lowest BCUT2D eigenvalue weighted by molar-refractivity contribution is 0.154. The molecule has 2 heterocycles. The second-order valence-electron chi connectivity index (χ2n) is 6.69. The van der Waals surface area contributed by atoms with Crippen molar-refractivity contribution >= 4 is 0 Å². The largest absolute Gasteiger partial charge is 0.317 e. The third-order valence-electron chi connectivity index (χ3n) is 5.62. The summed E-state index contributed by atoms with van der Waals surface area (Å²) in [5, 5.41) is 3.51. The first kappa shape index (κ1) is 12.0. The van der Waals surface area contributed by atoms with E-state index < -0.39 is 0 Å². The molecule has 17 heavy (non-hydrogen) atoms. The molecule has 3 rings (SSSR count). The fraction of sp³-hybridized carbons (Fsp3) is 1.00. The summed E-state index contributed by atoms with van der Waals surface area (Å²) in [5.74, 6) is 2.03. The normalized spacial score (nSPS) is 37.2. The smallest absolute Gasteiger partial charge is 0.00153 e. The molecule has 0 aromatic carbocycles. The predicted molar refractivity (Wildman–Crippen MR) is 72.1 cm³/mol. The molecule has 2 atom stereocenters. The van der Waals surface area contributed by atoms with Crippen LogP contribution in [-0.4, -0.2) is 37.6 Å². The molecule has 1 aliphatic carbocycles. The van der Waals surface area contributed by atoms with Gasteiger partial charge in [0.05, 0.1) is 0 Å². The minimum atomic E-state index is 0.782. The molecular weight excluding hydrogens is 208 g/mol. The highest BCUT2D eigenvalue weighted by molar-refractivity contribution is 5.05. The number of nitrogens with zero attached hydrogens (tertiary/aromatic N) is 1. The average Bonchev–Trinajstić information content (AvgIpc) is 3.02. The van der Waals surface area contributed by atoms with Crippen LogP contribution in [0.1, 0.15) is 45.4 Å². The van der Waals surface area contributed by atoms with E-state index in [2.05, 4.69) is 17.1 Å². The van der Waals surface area contributed by atoms with Crippen molar-refractivity contribution in [2.75, 3.05) is 32.7 Å². The van der Waals surface area contributed by atoms with Crippen molar-refractivity contribution in [3.05, 3.63) is 0 Å². The van der Waals surface area contributed by atoms with E-state index in [1.807, 2.05) is 0 Å². The van der Waals surface area contributed by atoms with Gasteiger partial charge in [-0.25, -0.2) is 0 Å². The van der Waals surface area contributed by atoms with Gasteiger partial charge in [-0.2, -0.15) is 0 Å². The van der Waals surface area contributed by atoms with Crippen molar-refractivity contribution in [2.24, 2.45) is 17.3 Å². The molecule has 98 valence electrons. The van der Waals surface area contributed by atoms with E-state index in [9.17, 15) is 0 Å². The Hall–Kier alpha value is -0.0800. The van der Waals surface area contributed by atoms with Crippen molar-refractivity contribution < 1.29 is 0 Å². The predicted octanol–water partition coefficient (Wildman–Crippen LogP) is 2.50. The molecule has 1 spiro atoms. The Morgan fingerprint density at radius 3 is 2.88 bits per heavy atom. The first-order valence-electron chi connectivity index (χ1n) is 7.75. The lowest BCUT2D eigenvalue weighted by Crippen LogP contribution is -2.38. The Bertz CT molecular complexity index is 258. The molecule has 1 saturated carbocycles. The fourth-order valence-corrected chi connectivity index (χ4v) is 4.19. The second-order valence-corrected chi connectivity index (χ2v) is 6.69. The minimum Gasteiger partial charge on any atom is -0.317 e. The number of hydrogen-bond acceptors (Lipinski definition) is 2. The first-order valence-corrected chi connectivity index (χ1v) is 7.75. The lowest BCUT2D eigenvalue weighted by Gasteiger charge is -2.33. The van der Waals surface area contributed by atoms with Gasteiger partial charge in [-0.05, 0) is 69.0 Å². The highest BCUT2D eigenvalue weighted by Crippen LogP contribution is 2.58. The Labute approximate surface area is 106 Å². The molecule has 2 aliphatic heterocycles. The Kier molecular flexibility index (Phi) is 3.45. The topological polar surface area (TPSA) is 15.3 Å². The van der Waals surface area contributed by atoms with Gasteiger partial charge in [-0.15, -0.1) is 0 Å². The second kappa shape index (κ2) is 4.89. The number of hydrogen-bond donors (Lipinski definition) is 1. The van der Waals surface area contributed by atoms with Crippen LogP contribution in [0.2, 0.25) is 0 Å². The summed E-state index contributed by atoms with van der Waals surface area (Å²) in [5.41, 5.74) is 0.782. The van der Waals surface area contributed by atoms with Gasteiger partial charge in [-0.3, -0.25) is 0 Å². The summed E-state index contributed by atoms with van der Waals surface area (Å²) < 4.78 is 0. The molecule has 1 N–H and O–H groups in total. The summed E-state index contributed by atoms with van der Waals surface area (Å²) in [6.45, 7) is 9.08. The maximum Gasteiger partial charge on any atom is 0.00153 e. The monoisotopic (exact) mass is 236 g/mol. The Morgan fingerprint density at radius 1 is 1.29 bits per heavy atom. The summed E-state index contributed by atoms with van der Waals surface area (Å²) in [7, 11) is 0. The highest BCUT2D eigenvalue weighted by Gasteiger charge is 2.53. The quantitative estimate of drug-likeness (QED) is 0.810. The summed E-state index contributed by atoms with van der Waals surface area (Å²) in [6.07, 6.45) is 8.73. The third-order valence-corrected chi connectivity index (χ3v) is 5.62. The van der Waals surface area contributed by atoms with Gasteiger partial charge in [-0.1, -0.05) is 13.3 Å². The number of piperidine rings is 2. The number of rotatable bonds is 3. The molecule has 0 radical (unpaired) electrons. The molecule has 2 saturated heterocycles. The maximum atomic E-state index is 3.51. The molecule has 0 aromatic heterocycles. The maximum absolute atomic E-state index is 3.51. The lowest BCUT2D eigenvalue weighted by atomic mass is 9.91. The van der Waals surface area contributed by atoms with Crippen LogP contribution in [0.15, 0.2) is 0 Å². The summed E-state index contributed by atoms with van der Waals surface area (Å²) in [4.78, 5) is 2.78. The van der Waals surface area contributed by atoms with Gasteiger partial charge in [0.25, 0.3) is 0 Å². The average molecular weight is 236 g/mol. The molecule has 2 nitrogen and oxygen atoms in total. The van der Waals surface area contributed by atoms with Crippen LogP contribution in [0.4, 0.5) is 0 Å². The van der Waals surface area contributed by atoms with Crippen LogP contribution in [-0.2, 0) is 0 Å². The minimum absolute atomic E-state index is 0.782. The van der Waals surface area contributed by atoms with E-state index in [1.165, 1.54) is 71.2 Å². The summed E-state index contributed by atoms with van der Waals surface area (Å²) >= 11 is 0. The van der Waals surface area contributed by atoms with Gasteiger partial charge >= 0.3 is 0 Å². The van der Waals surface area contributed by atoms with E-state index >= 15 is 0 Å². The van der Waals surface area contributed by atoms with Crippen LogP contribution in [0.25, 0.3) is 0 Å². The van der Waals surface area contributed by atoms with Crippen LogP contribution < -0.4 is 5.32 Å². The van der Waals surface area contributed by atoms with Crippen molar-refractivity contribution in [2.45, 2.75) is 45.4 Å². The zero-order chi connectivity index (χ0) is 11.7. The standard InChI is InChI=1S/C15H28N2/c1-2-13-4-3-9-17(11-13)12-14-10-15(14)5-7-16-8-6-15/h13-14,16H,2-12H2,1H3. The molecular formula is C15H28N2. The van der Waals surface area contributed by atoms with Gasteiger partial charge in [0.2, 0.25) is 0 Å². The van der Waals surface area contributed by atoms with Gasteiger partial charge in [0.1, 0.15) is 0 Å². The van der Waals surface area contributed by atoms with Gasteiger partial charge < -0.3 is 10.2 Å². The Balaban J connectivity index is 1.48. The van der Waals surface area contributed by atoms with Crippen molar-refractivity contribution in [3.8, 4) is 0 Å². The Morgan fingerprint density at radius 2 is 2.12 bits per heavy atom. The van der Waals surface area contributed by atoms with E-state index in [0.29, 0.717) is 0 Å². The number of nitrogens with one attached hydrogen (secondary N) is 1. The molecule has 0 bridgehead atoms. The van der Waals surface area contributed by atoms with E-state index in [-0.39, 0.29) is 0 Å². The van der Waals surface area contributed by atoms with Crippen molar-refractivity contribution in [1.82, 2.24) is 10.2 Å². The van der Waals surface area contributed by atoms with Gasteiger partial charge in [0.15, 0.2) is 0 Å². The number of likely N-dealkylation sites (tertiary alicyclic amines) is 1. The van der Waals surface area contributed by atoms with Crippen molar-refractivity contribution in [3.63, 3.8) is 0 Å². The third kappa shape index (κ3) is 2.53. The van der Waals surface area contributed by atoms with Crippen LogP contribution in [0.5, 0.6) is 0 Å². The molecule has 3 fully saturated rings. The zero-order valence-electron chi connectivity index (χ0n) is 11.4. The molecule has 0 aromatic rings. The molecule has 2 heteroatoms. The zero-order valence-corrected chi connectivity index (χ0v) is 11.4. The summed E-state index contributed by atoms with van der Waals surface area (Å²) in [6, 6.07) is 0. The van der Waals surface area contributed by atoms with E-state index in [1.54, 1.807) is 0 Å². The van der Waals surface area contributed by atoms with Crippen molar-refractivity contribution in [1.29, 1.82) is 0 Å².